The van der Waals surface area contributed by atoms with Crippen LogP contribution in [0.3, 0.4) is 0 Å². The van der Waals surface area contributed by atoms with Crippen LogP contribution in [0.2, 0.25) is 0 Å². The van der Waals surface area contributed by atoms with Gasteiger partial charge in [-0.25, -0.2) is 19.3 Å². The maximum atomic E-state index is 14.4. The number of halogens is 1. The molecule has 0 atom stereocenters. The summed E-state index contributed by atoms with van der Waals surface area (Å²) in [6.07, 6.45) is 1.77. The number of nitrogens with zero attached hydrogens (tertiary/aromatic N) is 3. The second-order valence-corrected chi connectivity index (χ2v) is 5.96. The third-order valence-corrected chi connectivity index (χ3v) is 4.24. The van der Waals surface area contributed by atoms with Crippen LogP contribution in [0.25, 0.3) is 33.7 Å². The summed E-state index contributed by atoms with van der Waals surface area (Å²) in [6, 6.07) is 16.1. The van der Waals surface area contributed by atoms with Crippen LogP contribution in [0.15, 0.2) is 60.8 Å². The Kier molecular flexibility index (Phi) is 4.05. The Morgan fingerprint density at radius 1 is 0.962 bits per heavy atom. The van der Waals surface area contributed by atoms with Gasteiger partial charge in [0.1, 0.15) is 17.3 Å². The van der Waals surface area contributed by atoms with E-state index in [1.807, 2.05) is 43.3 Å². The molecular weight excluding hydrogens is 329 g/mol. The van der Waals surface area contributed by atoms with Crippen LogP contribution < -0.4 is 4.74 Å². The van der Waals surface area contributed by atoms with Crippen molar-refractivity contribution in [3.05, 3.63) is 72.2 Å². The quantitative estimate of drug-likeness (QED) is 0.534. The van der Waals surface area contributed by atoms with E-state index in [-0.39, 0.29) is 5.82 Å². The van der Waals surface area contributed by atoms with Gasteiger partial charge in [0.25, 0.3) is 0 Å². The van der Waals surface area contributed by atoms with Gasteiger partial charge in [0.05, 0.1) is 18.3 Å². The van der Waals surface area contributed by atoms with E-state index in [1.165, 1.54) is 6.07 Å². The van der Waals surface area contributed by atoms with E-state index in [9.17, 15) is 4.39 Å². The molecule has 0 radical (unpaired) electrons. The third-order valence-electron chi connectivity index (χ3n) is 4.24. The summed E-state index contributed by atoms with van der Waals surface area (Å²) in [5.41, 5.74) is 3.24. The largest absolute Gasteiger partial charge is 0.497 e. The molecule has 0 amide bonds. The lowest BCUT2D eigenvalue weighted by Gasteiger charge is -2.10. The highest BCUT2D eigenvalue weighted by atomic mass is 19.1. The predicted molar refractivity (Wildman–Crippen MR) is 99.5 cm³/mol. The molecular formula is C21H16FN3O. The smallest absolute Gasteiger partial charge is 0.178 e. The zero-order chi connectivity index (χ0) is 18.1. The molecule has 0 aliphatic heterocycles. The average Bonchev–Trinajstić information content (AvgIpc) is 2.68. The molecule has 2 aromatic heterocycles. The molecule has 0 bridgehead atoms. The molecule has 128 valence electrons. The first kappa shape index (κ1) is 16.1. The average molecular weight is 345 g/mol. The van der Waals surface area contributed by atoms with Gasteiger partial charge in [0.15, 0.2) is 5.82 Å². The molecule has 4 nitrogen and oxygen atoms in total. The van der Waals surface area contributed by atoms with Gasteiger partial charge in [-0.3, -0.25) is 0 Å². The van der Waals surface area contributed by atoms with Crippen molar-refractivity contribution < 1.29 is 9.13 Å². The number of fused-ring (bicyclic) bond motifs is 1. The number of hydrogen-bond donors (Lipinski definition) is 0. The van der Waals surface area contributed by atoms with Gasteiger partial charge in [-0.15, -0.1) is 0 Å². The Morgan fingerprint density at radius 2 is 1.81 bits per heavy atom. The molecule has 2 heterocycles. The van der Waals surface area contributed by atoms with E-state index in [1.54, 1.807) is 25.4 Å². The first-order chi connectivity index (χ1) is 12.7. The van der Waals surface area contributed by atoms with Gasteiger partial charge in [0, 0.05) is 17.1 Å². The van der Waals surface area contributed by atoms with Crippen molar-refractivity contribution >= 4 is 10.9 Å². The van der Waals surface area contributed by atoms with Crippen molar-refractivity contribution in [2.24, 2.45) is 0 Å². The molecule has 2 aromatic carbocycles. The number of benzene rings is 2. The fourth-order valence-electron chi connectivity index (χ4n) is 2.83. The van der Waals surface area contributed by atoms with Crippen molar-refractivity contribution in [1.29, 1.82) is 0 Å². The molecule has 0 unspecified atom stereocenters. The van der Waals surface area contributed by atoms with Crippen LogP contribution in [-0.2, 0) is 0 Å². The number of aromatic nitrogens is 3. The second kappa shape index (κ2) is 6.52. The Balaban J connectivity index is 1.86. The van der Waals surface area contributed by atoms with Crippen molar-refractivity contribution in [2.75, 3.05) is 7.11 Å². The van der Waals surface area contributed by atoms with E-state index in [0.29, 0.717) is 28.5 Å². The summed E-state index contributed by atoms with van der Waals surface area (Å²) >= 11 is 0. The number of rotatable bonds is 3. The van der Waals surface area contributed by atoms with Crippen molar-refractivity contribution in [3.8, 4) is 28.5 Å². The first-order valence-corrected chi connectivity index (χ1v) is 8.19. The molecule has 4 rings (SSSR count). The van der Waals surface area contributed by atoms with Crippen LogP contribution >= 0.6 is 0 Å². The lowest BCUT2D eigenvalue weighted by Crippen LogP contribution is -1.98. The topological polar surface area (TPSA) is 47.9 Å². The number of ether oxygens (including phenoxy) is 1. The molecule has 0 spiro atoms. The Labute approximate surface area is 150 Å². The van der Waals surface area contributed by atoms with Crippen molar-refractivity contribution in [3.63, 3.8) is 0 Å². The van der Waals surface area contributed by atoms with Crippen LogP contribution in [0.4, 0.5) is 4.39 Å². The fourth-order valence-corrected chi connectivity index (χ4v) is 2.83. The van der Waals surface area contributed by atoms with E-state index in [4.69, 9.17) is 4.74 Å². The van der Waals surface area contributed by atoms with Crippen LogP contribution in [-0.4, -0.2) is 22.1 Å². The van der Waals surface area contributed by atoms with Crippen LogP contribution in [0.1, 0.15) is 5.56 Å². The molecule has 0 aliphatic rings. The lowest BCUT2D eigenvalue weighted by atomic mass is 10.0. The molecule has 0 saturated heterocycles. The number of methoxy groups -OCH3 is 1. The van der Waals surface area contributed by atoms with Crippen molar-refractivity contribution in [2.45, 2.75) is 6.92 Å². The molecule has 5 heteroatoms. The summed E-state index contributed by atoms with van der Waals surface area (Å²) in [7, 11) is 1.55. The maximum absolute atomic E-state index is 14.4. The van der Waals surface area contributed by atoms with E-state index in [2.05, 4.69) is 15.0 Å². The third kappa shape index (κ3) is 2.88. The molecule has 4 aromatic rings. The van der Waals surface area contributed by atoms with Gasteiger partial charge in [-0.05, 0) is 42.8 Å². The van der Waals surface area contributed by atoms with Gasteiger partial charge in [-0.1, -0.05) is 24.3 Å². The second-order valence-electron chi connectivity index (χ2n) is 5.96. The highest BCUT2D eigenvalue weighted by Gasteiger charge is 2.14. The number of hydrogen-bond acceptors (Lipinski definition) is 4. The normalized spacial score (nSPS) is 10.9. The van der Waals surface area contributed by atoms with Gasteiger partial charge in [0.2, 0.25) is 0 Å². The van der Waals surface area contributed by atoms with E-state index < -0.39 is 0 Å². The highest BCUT2D eigenvalue weighted by molar-refractivity contribution is 5.79. The zero-order valence-corrected chi connectivity index (χ0v) is 14.4. The van der Waals surface area contributed by atoms with Gasteiger partial charge >= 0.3 is 0 Å². The summed E-state index contributed by atoms with van der Waals surface area (Å²) < 4.78 is 19.6. The standard InChI is InChI=1S/C21H16FN3O/c1-13-7-10-19(21-23-12-14-5-3-4-6-18(14)25-21)24-20(13)16-11-15(26-2)8-9-17(16)22/h3-12H,1-2H3. The number of aryl methyl sites for hydroxylation is 1. The summed E-state index contributed by atoms with van der Waals surface area (Å²) in [6.45, 7) is 1.90. The summed E-state index contributed by atoms with van der Waals surface area (Å²) in [5, 5.41) is 0.961. The monoisotopic (exact) mass is 345 g/mol. The lowest BCUT2D eigenvalue weighted by molar-refractivity contribution is 0.414. The molecule has 0 saturated carbocycles. The summed E-state index contributed by atoms with van der Waals surface area (Å²) in [4.78, 5) is 13.6. The minimum absolute atomic E-state index is 0.349. The number of para-hydroxylation sites is 1. The van der Waals surface area contributed by atoms with E-state index in [0.717, 1.165) is 16.5 Å². The van der Waals surface area contributed by atoms with Crippen LogP contribution in [0.5, 0.6) is 5.75 Å². The predicted octanol–water partition coefficient (Wildman–Crippen LogP) is 4.81. The maximum Gasteiger partial charge on any atom is 0.178 e. The summed E-state index contributed by atoms with van der Waals surface area (Å²) in [5.74, 6) is 0.737. The Morgan fingerprint density at radius 3 is 2.65 bits per heavy atom. The zero-order valence-electron chi connectivity index (χ0n) is 14.4. The fraction of sp³-hybridized carbons (Fsp3) is 0.0952. The highest BCUT2D eigenvalue weighted by Crippen LogP contribution is 2.30. The minimum Gasteiger partial charge on any atom is -0.497 e. The van der Waals surface area contributed by atoms with E-state index >= 15 is 0 Å². The minimum atomic E-state index is -0.349. The molecule has 26 heavy (non-hydrogen) atoms. The first-order valence-electron chi connectivity index (χ1n) is 8.19. The Hall–Kier alpha value is -3.34. The molecule has 0 fully saturated rings. The van der Waals surface area contributed by atoms with Gasteiger partial charge < -0.3 is 4.74 Å². The number of pyridine rings is 1. The Bertz CT molecular complexity index is 1110. The molecule has 0 N–H and O–H groups in total. The molecule has 0 aliphatic carbocycles. The van der Waals surface area contributed by atoms with Crippen LogP contribution in [0, 0.1) is 12.7 Å². The van der Waals surface area contributed by atoms with Gasteiger partial charge in [-0.2, -0.15) is 0 Å². The SMILES string of the molecule is COc1ccc(F)c(-c2nc(-c3ncc4ccccc4n3)ccc2C)c1. The van der Waals surface area contributed by atoms with Crippen molar-refractivity contribution in [1.82, 2.24) is 15.0 Å².